The number of hydrogen-bond donors (Lipinski definition) is 1. The van der Waals surface area contributed by atoms with Gasteiger partial charge in [-0.3, -0.25) is 4.98 Å². The first-order chi connectivity index (χ1) is 7.63. The molecule has 0 radical (unpaired) electrons. The smallest absolute Gasteiger partial charge is 0.336 e. The van der Waals surface area contributed by atoms with Crippen molar-refractivity contribution >= 4 is 21.9 Å². The van der Waals surface area contributed by atoms with Crippen LogP contribution < -0.4 is 4.74 Å². The van der Waals surface area contributed by atoms with Gasteiger partial charge in [0.05, 0.1) is 6.20 Å². The van der Waals surface area contributed by atoms with Gasteiger partial charge >= 0.3 is 5.97 Å². The Morgan fingerprint density at radius 3 is 2.94 bits per heavy atom. The Morgan fingerprint density at radius 2 is 2.38 bits per heavy atom. The molecule has 1 rings (SSSR count). The number of carboxylic acids is 1. The predicted molar refractivity (Wildman–Crippen MR) is 60.5 cm³/mol. The summed E-state index contributed by atoms with van der Waals surface area (Å²) in [5.74, 6) is -0.537. The van der Waals surface area contributed by atoms with Crippen molar-refractivity contribution in [3.8, 4) is 5.75 Å². The number of aliphatic carboxylic acids is 1. The predicted octanol–water partition coefficient (Wildman–Crippen LogP) is 1.71. The molecule has 1 atom stereocenters. The highest BCUT2D eigenvalue weighted by molar-refractivity contribution is 9.10. The molecular weight excluding hydrogens is 278 g/mol. The Balaban J connectivity index is 2.51. The van der Waals surface area contributed by atoms with Gasteiger partial charge in [-0.1, -0.05) is 0 Å². The van der Waals surface area contributed by atoms with E-state index in [0.29, 0.717) is 12.4 Å². The molecule has 88 valence electrons. The van der Waals surface area contributed by atoms with Crippen molar-refractivity contribution in [3.05, 3.63) is 22.9 Å². The van der Waals surface area contributed by atoms with Crippen molar-refractivity contribution in [2.75, 3.05) is 13.2 Å². The summed E-state index contributed by atoms with van der Waals surface area (Å²) >= 11 is 3.24. The van der Waals surface area contributed by atoms with E-state index in [0.717, 1.165) is 4.47 Å². The lowest BCUT2D eigenvalue weighted by molar-refractivity contribution is -0.152. The highest BCUT2D eigenvalue weighted by atomic mass is 79.9. The van der Waals surface area contributed by atoms with Crippen molar-refractivity contribution in [1.82, 2.24) is 4.98 Å². The zero-order valence-corrected chi connectivity index (χ0v) is 10.3. The summed E-state index contributed by atoms with van der Waals surface area (Å²) in [6.07, 6.45) is 2.17. The van der Waals surface area contributed by atoms with Gasteiger partial charge < -0.3 is 14.6 Å². The summed E-state index contributed by atoms with van der Waals surface area (Å²) in [6, 6.07) is 1.71. The van der Waals surface area contributed by atoms with Gasteiger partial charge in [-0.2, -0.15) is 0 Å². The highest BCUT2D eigenvalue weighted by Gasteiger charge is 2.18. The van der Waals surface area contributed by atoms with Crippen LogP contribution in [0, 0.1) is 0 Å². The largest absolute Gasteiger partial charge is 0.489 e. The summed E-state index contributed by atoms with van der Waals surface area (Å²) in [7, 11) is 0. The first kappa shape index (κ1) is 12.9. The lowest BCUT2D eigenvalue weighted by Gasteiger charge is -2.13. The zero-order chi connectivity index (χ0) is 12.0. The summed E-state index contributed by atoms with van der Waals surface area (Å²) < 4.78 is 11.0. The molecule has 6 heteroatoms. The van der Waals surface area contributed by atoms with Crippen LogP contribution in [0.3, 0.4) is 0 Å². The van der Waals surface area contributed by atoms with Crippen molar-refractivity contribution < 1.29 is 19.4 Å². The summed E-state index contributed by atoms with van der Waals surface area (Å²) in [5.41, 5.74) is 0. The second kappa shape index (κ2) is 6.44. The number of hydrogen-bond acceptors (Lipinski definition) is 4. The Kier molecular flexibility index (Phi) is 5.21. The second-order valence-corrected chi connectivity index (χ2v) is 3.85. The minimum Gasteiger partial charge on any atom is -0.489 e. The molecule has 1 heterocycles. The van der Waals surface area contributed by atoms with E-state index < -0.39 is 12.1 Å². The van der Waals surface area contributed by atoms with E-state index in [1.807, 2.05) is 0 Å². The Hall–Kier alpha value is -1.14. The van der Waals surface area contributed by atoms with Crippen LogP contribution >= 0.6 is 15.9 Å². The first-order valence-corrected chi connectivity index (χ1v) is 5.50. The molecule has 1 unspecified atom stereocenters. The van der Waals surface area contributed by atoms with Gasteiger partial charge in [0, 0.05) is 17.3 Å². The molecule has 0 amide bonds. The molecule has 1 aromatic heterocycles. The standard InChI is InChI=1S/C10H12BrNO4/c1-2-15-9(10(13)14)6-16-8-3-7(11)4-12-5-8/h3-5,9H,2,6H2,1H3,(H,13,14). The number of aromatic nitrogens is 1. The van der Waals surface area contributed by atoms with E-state index in [9.17, 15) is 4.79 Å². The van der Waals surface area contributed by atoms with Gasteiger partial charge in [-0.25, -0.2) is 4.79 Å². The maximum Gasteiger partial charge on any atom is 0.336 e. The SMILES string of the molecule is CCOC(COc1cncc(Br)c1)C(=O)O. The van der Waals surface area contributed by atoms with Crippen LogP contribution in [-0.2, 0) is 9.53 Å². The average Bonchev–Trinajstić information content (AvgIpc) is 2.24. The van der Waals surface area contributed by atoms with Gasteiger partial charge in [0.25, 0.3) is 0 Å². The van der Waals surface area contributed by atoms with Crippen molar-refractivity contribution in [2.45, 2.75) is 13.0 Å². The van der Waals surface area contributed by atoms with Crippen molar-refractivity contribution in [2.24, 2.45) is 0 Å². The van der Waals surface area contributed by atoms with Gasteiger partial charge in [0.2, 0.25) is 0 Å². The van der Waals surface area contributed by atoms with Crippen LogP contribution in [0.5, 0.6) is 5.75 Å². The molecule has 0 aromatic carbocycles. The van der Waals surface area contributed by atoms with Crippen LogP contribution in [0.15, 0.2) is 22.9 Å². The maximum atomic E-state index is 10.7. The number of halogens is 1. The normalized spacial score (nSPS) is 12.1. The molecule has 0 fully saturated rings. The summed E-state index contributed by atoms with van der Waals surface area (Å²) in [6.45, 7) is 2.02. The molecule has 0 saturated heterocycles. The maximum absolute atomic E-state index is 10.7. The number of pyridine rings is 1. The second-order valence-electron chi connectivity index (χ2n) is 2.93. The number of nitrogens with zero attached hydrogens (tertiary/aromatic N) is 1. The summed E-state index contributed by atoms with van der Waals surface area (Å²) in [4.78, 5) is 14.6. The van der Waals surface area contributed by atoms with E-state index in [1.54, 1.807) is 19.2 Å². The third kappa shape index (κ3) is 4.16. The first-order valence-electron chi connectivity index (χ1n) is 4.71. The Labute approximate surface area is 102 Å². The summed E-state index contributed by atoms with van der Waals surface area (Å²) in [5, 5.41) is 8.81. The van der Waals surface area contributed by atoms with Crippen LogP contribution in [-0.4, -0.2) is 35.4 Å². The van der Waals surface area contributed by atoms with Crippen LogP contribution in [0.4, 0.5) is 0 Å². The third-order valence-electron chi connectivity index (χ3n) is 1.72. The molecule has 1 aromatic rings. The minimum atomic E-state index is -1.04. The molecule has 0 aliphatic carbocycles. The Morgan fingerprint density at radius 1 is 1.62 bits per heavy atom. The van der Waals surface area contributed by atoms with Crippen molar-refractivity contribution in [1.29, 1.82) is 0 Å². The fraction of sp³-hybridized carbons (Fsp3) is 0.400. The number of carbonyl (C=O) groups is 1. The lowest BCUT2D eigenvalue weighted by atomic mass is 10.4. The van der Waals surface area contributed by atoms with Gasteiger partial charge in [0.1, 0.15) is 12.4 Å². The van der Waals surface area contributed by atoms with E-state index in [1.165, 1.54) is 6.20 Å². The van der Waals surface area contributed by atoms with Crippen LogP contribution in [0.2, 0.25) is 0 Å². The topological polar surface area (TPSA) is 68.7 Å². The van der Waals surface area contributed by atoms with Gasteiger partial charge in [-0.05, 0) is 28.9 Å². The molecule has 16 heavy (non-hydrogen) atoms. The third-order valence-corrected chi connectivity index (χ3v) is 2.16. The fourth-order valence-corrected chi connectivity index (χ4v) is 1.38. The number of rotatable bonds is 6. The van der Waals surface area contributed by atoms with Crippen LogP contribution in [0.1, 0.15) is 6.92 Å². The van der Waals surface area contributed by atoms with E-state index in [2.05, 4.69) is 20.9 Å². The molecular formula is C10H12BrNO4. The number of ether oxygens (including phenoxy) is 2. The molecule has 0 aliphatic heterocycles. The quantitative estimate of drug-likeness (QED) is 0.863. The minimum absolute atomic E-state index is 0.0404. The molecule has 0 bridgehead atoms. The average molecular weight is 290 g/mol. The molecule has 0 spiro atoms. The van der Waals surface area contributed by atoms with Gasteiger partial charge in [0.15, 0.2) is 6.10 Å². The zero-order valence-electron chi connectivity index (χ0n) is 8.72. The van der Waals surface area contributed by atoms with Crippen LogP contribution in [0.25, 0.3) is 0 Å². The monoisotopic (exact) mass is 289 g/mol. The van der Waals surface area contributed by atoms with E-state index >= 15 is 0 Å². The molecule has 0 saturated carbocycles. The molecule has 0 aliphatic rings. The lowest BCUT2D eigenvalue weighted by Crippen LogP contribution is -2.30. The fourth-order valence-electron chi connectivity index (χ4n) is 1.04. The Bertz CT molecular complexity index is 358. The van der Waals surface area contributed by atoms with E-state index in [4.69, 9.17) is 14.6 Å². The van der Waals surface area contributed by atoms with Crippen molar-refractivity contribution in [3.63, 3.8) is 0 Å². The highest BCUT2D eigenvalue weighted by Crippen LogP contribution is 2.16. The molecule has 1 N–H and O–H groups in total. The molecule has 5 nitrogen and oxygen atoms in total. The van der Waals surface area contributed by atoms with Gasteiger partial charge in [-0.15, -0.1) is 0 Å². The number of carboxylic acid groups (broad SMARTS) is 1. The van der Waals surface area contributed by atoms with E-state index in [-0.39, 0.29) is 6.61 Å².